The highest BCUT2D eigenvalue weighted by Gasteiger charge is 2.26. The highest BCUT2D eigenvalue weighted by atomic mass is 32.2. The van der Waals surface area contributed by atoms with Gasteiger partial charge in [-0.3, -0.25) is 25.2 Å². The second-order valence-electron chi connectivity index (χ2n) is 3.73. The van der Waals surface area contributed by atoms with E-state index in [1.54, 1.807) is 0 Å². The van der Waals surface area contributed by atoms with Crippen molar-refractivity contribution >= 4 is 34.0 Å². The molecule has 0 spiro atoms. The number of thioether (sulfide) groups is 1. The lowest BCUT2D eigenvalue weighted by atomic mass is 10.1. The third-order valence-electron chi connectivity index (χ3n) is 2.54. The molecule has 0 saturated carbocycles. The molecular weight excluding hydrogens is 286 g/mol. The molecule has 0 amide bonds. The van der Waals surface area contributed by atoms with Crippen molar-refractivity contribution < 1.29 is 15.0 Å². The number of nitro groups is 2. The van der Waals surface area contributed by atoms with Crippen molar-refractivity contribution in [1.29, 1.82) is 0 Å². The topological polar surface area (TPSA) is 119 Å². The standard InChI is InChI=1S/C11H9N3O5S/c15-4-5-20-11-9(14(18)19)6-8(13(16)17)7-2-1-3-12-10(7)11/h1-3,6,15H,4-5H2. The van der Waals surface area contributed by atoms with Crippen LogP contribution in [0.3, 0.4) is 0 Å². The van der Waals surface area contributed by atoms with E-state index in [1.807, 2.05) is 0 Å². The number of pyridine rings is 1. The van der Waals surface area contributed by atoms with E-state index in [0.29, 0.717) is 0 Å². The minimum Gasteiger partial charge on any atom is -0.396 e. The second-order valence-corrected chi connectivity index (χ2v) is 4.83. The number of aromatic nitrogens is 1. The molecule has 0 aliphatic heterocycles. The first kappa shape index (κ1) is 14.2. The molecule has 1 heterocycles. The maximum absolute atomic E-state index is 11.1. The average molecular weight is 295 g/mol. The molecule has 104 valence electrons. The molecule has 0 aliphatic rings. The van der Waals surface area contributed by atoms with Crippen molar-refractivity contribution in [3.63, 3.8) is 0 Å². The van der Waals surface area contributed by atoms with E-state index in [2.05, 4.69) is 4.98 Å². The molecule has 20 heavy (non-hydrogen) atoms. The Morgan fingerprint density at radius 3 is 2.55 bits per heavy atom. The van der Waals surface area contributed by atoms with E-state index in [4.69, 9.17) is 5.11 Å². The lowest BCUT2D eigenvalue weighted by Gasteiger charge is -2.06. The van der Waals surface area contributed by atoms with E-state index in [0.717, 1.165) is 17.8 Å². The monoisotopic (exact) mass is 295 g/mol. The number of nitrogens with zero attached hydrogens (tertiary/aromatic N) is 3. The summed E-state index contributed by atoms with van der Waals surface area (Å²) in [5, 5.41) is 31.2. The van der Waals surface area contributed by atoms with Gasteiger partial charge in [0.25, 0.3) is 11.4 Å². The fourth-order valence-corrected chi connectivity index (χ4v) is 2.64. The summed E-state index contributed by atoms with van der Waals surface area (Å²) in [6.45, 7) is -0.160. The molecule has 1 N–H and O–H groups in total. The lowest BCUT2D eigenvalue weighted by molar-refractivity contribution is -0.394. The zero-order valence-corrected chi connectivity index (χ0v) is 10.9. The largest absolute Gasteiger partial charge is 0.396 e. The molecule has 0 saturated heterocycles. The molecule has 0 fully saturated rings. The average Bonchev–Trinajstić information content (AvgIpc) is 2.43. The third-order valence-corrected chi connectivity index (χ3v) is 3.61. The van der Waals surface area contributed by atoms with Crippen LogP contribution in [0.5, 0.6) is 0 Å². The van der Waals surface area contributed by atoms with Gasteiger partial charge in [-0.25, -0.2) is 0 Å². The summed E-state index contributed by atoms with van der Waals surface area (Å²) in [7, 11) is 0. The van der Waals surface area contributed by atoms with Gasteiger partial charge in [-0.15, -0.1) is 11.8 Å². The number of hydrogen-bond donors (Lipinski definition) is 1. The van der Waals surface area contributed by atoms with Gasteiger partial charge in [0.2, 0.25) is 0 Å². The minimum atomic E-state index is -0.680. The van der Waals surface area contributed by atoms with E-state index in [9.17, 15) is 20.2 Å². The number of aliphatic hydroxyl groups excluding tert-OH is 1. The maximum Gasteiger partial charge on any atom is 0.292 e. The van der Waals surface area contributed by atoms with Crippen LogP contribution in [0.4, 0.5) is 11.4 Å². The molecule has 0 unspecified atom stereocenters. The van der Waals surface area contributed by atoms with Crippen LogP contribution < -0.4 is 0 Å². The van der Waals surface area contributed by atoms with Crippen LogP contribution in [0.15, 0.2) is 29.3 Å². The van der Waals surface area contributed by atoms with Crippen molar-refractivity contribution in [2.45, 2.75) is 4.90 Å². The van der Waals surface area contributed by atoms with Gasteiger partial charge in [-0.05, 0) is 12.1 Å². The normalized spacial score (nSPS) is 10.7. The maximum atomic E-state index is 11.1. The van der Waals surface area contributed by atoms with Crippen LogP contribution in [0.2, 0.25) is 0 Å². The van der Waals surface area contributed by atoms with Crippen molar-refractivity contribution in [1.82, 2.24) is 4.98 Å². The van der Waals surface area contributed by atoms with Crippen LogP contribution in [0, 0.1) is 20.2 Å². The summed E-state index contributed by atoms with van der Waals surface area (Å²) in [6, 6.07) is 3.96. The SMILES string of the molecule is O=[N+]([O-])c1cc([N+](=O)[O-])c2cccnc2c1SCCO. The van der Waals surface area contributed by atoms with Crippen molar-refractivity contribution in [3.05, 3.63) is 44.6 Å². The van der Waals surface area contributed by atoms with Crippen molar-refractivity contribution in [2.75, 3.05) is 12.4 Å². The first-order valence-electron chi connectivity index (χ1n) is 5.50. The van der Waals surface area contributed by atoms with Gasteiger partial charge in [0, 0.05) is 11.9 Å². The van der Waals surface area contributed by atoms with Crippen LogP contribution in [-0.4, -0.2) is 32.3 Å². The predicted molar refractivity (Wildman–Crippen MR) is 72.9 cm³/mol. The van der Waals surface area contributed by atoms with Gasteiger partial charge in [0.1, 0.15) is 4.90 Å². The van der Waals surface area contributed by atoms with E-state index >= 15 is 0 Å². The fraction of sp³-hybridized carbons (Fsp3) is 0.182. The third kappa shape index (κ3) is 2.53. The van der Waals surface area contributed by atoms with Gasteiger partial charge in [0.05, 0.1) is 33.4 Å². The molecule has 2 aromatic rings. The summed E-state index contributed by atoms with van der Waals surface area (Å²) in [4.78, 5) is 25.0. The van der Waals surface area contributed by atoms with E-state index in [1.165, 1.54) is 18.3 Å². The number of non-ortho nitro benzene ring substituents is 1. The number of nitro benzene ring substituents is 2. The molecule has 0 atom stereocenters. The van der Waals surface area contributed by atoms with Crippen LogP contribution in [0.1, 0.15) is 0 Å². The number of fused-ring (bicyclic) bond motifs is 1. The number of rotatable bonds is 5. The van der Waals surface area contributed by atoms with Crippen molar-refractivity contribution in [3.8, 4) is 0 Å². The highest BCUT2D eigenvalue weighted by Crippen LogP contribution is 2.39. The molecule has 1 aromatic heterocycles. The quantitative estimate of drug-likeness (QED) is 0.509. The van der Waals surface area contributed by atoms with Crippen LogP contribution in [0.25, 0.3) is 10.9 Å². The van der Waals surface area contributed by atoms with Gasteiger partial charge in [-0.2, -0.15) is 0 Å². The molecule has 1 aromatic carbocycles. The molecule has 0 aliphatic carbocycles. The number of hydrogen-bond acceptors (Lipinski definition) is 7. The Morgan fingerprint density at radius 1 is 1.25 bits per heavy atom. The Morgan fingerprint density at radius 2 is 1.95 bits per heavy atom. The van der Waals surface area contributed by atoms with Gasteiger partial charge >= 0.3 is 0 Å². The molecule has 8 nitrogen and oxygen atoms in total. The zero-order valence-electron chi connectivity index (χ0n) is 10.1. The Labute approximate surface area is 116 Å². The Hall–Kier alpha value is -2.26. The summed E-state index contributed by atoms with van der Waals surface area (Å²) >= 11 is 1.05. The summed E-state index contributed by atoms with van der Waals surface area (Å²) in [5.41, 5.74) is -0.527. The summed E-state index contributed by atoms with van der Waals surface area (Å²) in [5.74, 6) is 0.240. The minimum absolute atomic E-state index is 0.160. The zero-order chi connectivity index (χ0) is 14.7. The van der Waals surface area contributed by atoms with Gasteiger partial charge in [-0.1, -0.05) is 0 Å². The smallest absolute Gasteiger partial charge is 0.292 e. The molecular formula is C11H9N3O5S. The Bertz CT molecular complexity index is 691. The number of aliphatic hydroxyl groups is 1. The second kappa shape index (κ2) is 5.80. The van der Waals surface area contributed by atoms with E-state index < -0.39 is 9.85 Å². The lowest BCUT2D eigenvalue weighted by Crippen LogP contribution is -1.99. The first-order valence-corrected chi connectivity index (χ1v) is 6.49. The van der Waals surface area contributed by atoms with Gasteiger partial charge < -0.3 is 5.11 Å². The Balaban J connectivity index is 2.80. The molecule has 0 radical (unpaired) electrons. The molecule has 9 heteroatoms. The van der Waals surface area contributed by atoms with Crippen molar-refractivity contribution in [2.24, 2.45) is 0 Å². The fourth-order valence-electron chi connectivity index (χ4n) is 1.76. The molecule has 0 bridgehead atoms. The van der Waals surface area contributed by atoms with Crippen LogP contribution >= 0.6 is 11.8 Å². The number of benzene rings is 1. The molecule has 2 rings (SSSR count). The Kier molecular flexibility index (Phi) is 4.11. The summed E-state index contributed by atoms with van der Waals surface area (Å²) in [6.07, 6.45) is 1.42. The first-order chi connectivity index (χ1) is 9.56. The van der Waals surface area contributed by atoms with E-state index in [-0.39, 0.29) is 39.5 Å². The highest BCUT2D eigenvalue weighted by molar-refractivity contribution is 7.99. The van der Waals surface area contributed by atoms with Gasteiger partial charge in [0.15, 0.2) is 0 Å². The predicted octanol–water partition coefficient (Wildman–Crippen LogP) is 2.14. The summed E-state index contributed by atoms with van der Waals surface area (Å²) < 4.78 is 0. The van der Waals surface area contributed by atoms with Crippen LogP contribution in [-0.2, 0) is 0 Å².